The monoisotopic (exact) mass is 263 g/mol. The van der Waals surface area contributed by atoms with Crippen LogP contribution in [-0.2, 0) is 11.3 Å². The summed E-state index contributed by atoms with van der Waals surface area (Å²) in [6, 6.07) is 4.87. The Bertz CT molecular complexity index is 482. The van der Waals surface area contributed by atoms with E-state index in [1.807, 2.05) is 0 Å². The molecular weight excluding hydrogens is 245 g/mol. The van der Waals surface area contributed by atoms with Gasteiger partial charge < -0.3 is 21.2 Å². The maximum absolute atomic E-state index is 13.5. The van der Waals surface area contributed by atoms with E-state index < -0.39 is 0 Å². The van der Waals surface area contributed by atoms with Gasteiger partial charge in [0.25, 0.3) is 0 Å². The SMILES string of the molecule is N=C/C(=C\NC1CCOC1)c1cc(F)cc(CN)c1. The molecule has 102 valence electrons. The molecule has 4 N–H and O–H groups in total. The Labute approximate surface area is 112 Å². The van der Waals surface area contributed by atoms with Crippen molar-refractivity contribution in [3.05, 3.63) is 41.3 Å². The fourth-order valence-corrected chi connectivity index (χ4v) is 2.02. The summed E-state index contributed by atoms with van der Waals surface area (Å²) < 4.78 is 18.7. The van der Waals surface area contributed by atoms with E-state index in [-0.39, 0.29) is 18.4 Å². The number of hydrogen-bond acceptors (Lipinski definition) is 4. The van der Waals surface area contributed by atoms with Crippen LogP contribution in [0.25, 0.3) is 5.57 Å². The average molecular weight is 263 g/mol. The number of halogens is 1. The minimum absolute atomic E-state index is 0.262. The third kappa shape index (κ3) is 3.62. The van der Waals surface area contributed by atoms with Crippen LogP contribution in [0.2, 0.25) is 0 Å². The van der Waals surface area contributed by atoms with Crippen molar-refractivity contribution in [2.75, 3.05) is 13.2 Å². The van der Waals surface area contributed by atoms with Crippen LogP contribution in [0.5, 0.6) is 0 Å². The Kier molecular flexibility index (Phi) is 4.65. The van der Waals surface area contributed by atoms with E-state index in [0.717, 1.165) is 13.0 Å². The summed E-state index contributed by atoms with van der Waals surface area (Å²) in [6.45, 7) is 1.70. The van der Waals surface area contributed by atoms with Gasteiger partial charge >= 0.3 is 0 Å². The molecule has 1 saturated heterocycles. The zero-order chi connectivity index (χ0) is 13.7. The Morgan fingerprint density at radius 2 is 2.37 bits per heavy atom. The lowest BCUT2D eigenvalue weighted by Crippen LogP contribution is -2.24. The van der Waals surface area contributed by atoms with Crippen molar-refractivity contribution in [1.29, 1.82) is 5.41 Å². The summed E-state index contributed by atoms with van der Waals surface area (Å²) in [5.41, 5.74) is 7.52. The fourth-order valence-electron chi connectivity index (χ4n) is 2.02. The molecule has 5 heteroatoms. The second-order valence-corrected chi connectivity index (χ2v) is 4.52. The van der Waals surface area contributed by atoms with Gasteiger partial charge in [-0.2, -0.15) is 0 Å². The van der Waals surface area contributed by atoms with Crippen LogP contribution in [0.1, 0.15) is 17.5 Å². The third-order valence-corrected chi connectivity index (χ3v) is 3.09. The first kappa shape index (κ1) is 13.7. The topological polar surface area (TPSA) is 71.1 Å². The van der Waals surface area contributed by atoms with Crippen molar-refractivity contribution in [3.8, 4) is 0 Å². The van der Waals surface area contributed by atoms with Crippen LogP contribution >= 0.6 is 0 Å². The molecule has 19 heavy (non-hydrogen) atoms. The zero-order valence-electron chi connectivity index (χ0n) is 10.7. The van der Waals surface area contributed by atoms with Gasteiger partial charge in [0.2, 0.25) is 0 Å². The normalized spacial score (nSPS) is 19.5. The van der Waals surface area contributed by atoms with Gasteiger partial charge in [-0.1, -0.05) is 0 Å². The van der Waals surface area contributed by atoms with E-state index >= 15 is 0 Å². The van der Waals surface area contributed by atoms with Gasteiger partial charge in [0.1, 0.15) is 5.82 Å². The highest BCUT2D eigenvalue weighted by atomic mass is 19.1. The number of rotatable bonds is 5. The predicted molar refractivity (Wildman–Crippen MR) is 73.4 cm³/mol. The van der Waals surface area contributed by atoms with Crippen LogP contribution in [0.15, 0.2) is 24.4 Å². The van der Waals surface area contributed by atoms with Crippen molar-refractivity contribution >= 4 is 11.8 Å². The average Bonchev–Trinajstić information content (AvgIpc) is 2.92. The molecule has 1 fully saturated rings. The lowest BCUT2D eigenvalue weighted by molar-refractivity contribution is 0.192. The second-order valence-electron chi connectivity index (χ2n) is 4.52. The minimum Gasteiger partial charge on any atom is -0.385 e. The Hall–Kier alpha value is -1.72. The van der Waals surface area contributed by atoms with Gasteiger partial charge in [-0.25, -0.2) is 4.39 Å². The van der Waals surface area contributed by atoms with Crippen LogP contribution in [-0.4, -0.2) is 25.5 Å². The highest BCUT2D eigenvalue weighted by Gasteiger charge is 2.13. The molecule has 1 aliphatic rings. The number of hydrogen-bond donors (Lipinski definition) is 3. The molecule has 1 aromatic carbocycles. The van der Waals surface area contributed by atoms with Gasteiger partial charge in [-0.3, -0.25) is 0 Å². The highest BCUT2D eigenvalue weighted by Crippen LogP contribution is 2.16. The molecule has 1 heterocycles. The molecule has 0 aromatic heterocycles. The van der Waals surface area contributed by atoms with E-state index in [1.165, 1.54) is 18.3 Å². The molecule has 0 aliphatic carbocycles. The third-order valence-electron chi connectivity index (χ3n) is 3.09. The molecule has 1 atom stereocenters. The van der Waals surface area contributed by atoms with Crippen LogP contribution in [0.3, 0.4) is 0 Å². The van der Waals surface area contributed by atoms with E-state index in [2.05, 4.69) is 5.32 Å². The van der Waals surface area contributed by atoms with Crippen molar-refractivity contribution in [2.45, 2.75) is 19.0 Å². The number of nitrogens with one attached hydrogen (secondary N) is 2. The van der Waals surface area contributed by atoms with Crippen molar-refractivity contribution in [2.24, 2.45) is 5.73 Å². The predicted octanol–water partition coefficient (Wildman–Crippen LogP) is 1.65. The second kappa shape index (κ2) is 6.45. The van der Waals surface area contributed by atoms with E-state index in [4.69, 9.17) is 15.9 Å². The van der Waals surface area contributed by atoms with Crippen LogP contribution in [0, 0.1) is 11.2 Å². The van der Waals surface area contributed by atoms with Gasteiger partial charge in [-0.05, 0) is 35.7 Å². The Balaban J connectivity index is 2.17. The van der Waals surface area contributed by atoms with Gasteiger partial charge in [0, 0.05) is 31.1 Å². The van der Waals surface area contributed by atoms with Crippen molar-refractivity contribution in [1.82, 2.24) is 5.32 Å². The first-order valence-electron chi connectivity index (χ1n) is 6.27. The zero-order valence-corrected chi connectivity index (χ0v) is 10.7. The van der Waals surface area contributed by atoms with Gasteiger partial charge in [0.15, 0.2) is 0 Å². The summed E-state index contributed by atoms with van der Waals surface area (Å²) in [6.07, 6.45) is 3.89. The maximum atomic E-state index is 13.5. The molecule has 0 spiro atoms. The van der Waals surface area contributed by atoms with Crippen LogP contribution in [0.4, 0.5) is 4.39 Å². The first-order valence-corrected chi connectivity index (χ1v) is 6.27. The maximum Gasteiger partial charge on any atom is 0.124 e. The summed E-state index contributed by atoms with van der Waals surface area (Å²) >= 11 is 0. The molecule has 1 aliphatic heterocycles. The van der Waals surface area contributed by atoms with Crippen molar-refractivity contribution < 1.29 is 9.13 Å². The lowest BCUT2D eigenvalue weighted by atomic mass is 10.0. The van der Waals surface area contributed by atoms with E-state index in [0.29, 0.717) is 23.3 Å². The molecule has 0 amide bonds. The van der Waals surface area contributed by atoms with Gasteiger partial charge in [0.05, 0.1) is 12.6 Å². The number of benzene rings is 1. The lowest BCUT2D eigenvalue weighted by Gasteiger charge is -2.10. The summed E-state index contributed by atoms with van der Waals surface area (Å²) in [7, 11) is 0. The smallest absolute Gasteiger partial charge is 0.124 e. The molecule has 1 aromatic rings. The minimum atomic E-state index is -0.338. The van der Waals surface area contributed by atoms with Crippen molar-refractivity contribution in [3.63, 3.8) is 0 Å². The molecule has 4 nitrogen and oxygen atoms in total. The molecular formula is C14H18FN3O. The van der Waals surface area contributed by atoms with Gasteiger partial charge in [-0.15, -0.1) is 0 Å². The number of allylic oxidation sites excluding steroid dienone is 1. The molecule has 0 saturated carbocycles. The number of nitrogens with two attached hydrogens (primary N) is 1. The molecule has 1 unspecified atom stereocenters. The first-order chi connectivity index (χ1) is 9.22. The molecule has 0 bridgehead atoms. The molecule has 0 radical (unpaired) electrons. The fraction of sp³-hybridized carbons (Fsp3) is 0.357. The Morgan fingerprint density at radius 3 is 3.00 bits per heavy atom. The van der Waals surface area contributed by atoms with Crippen LogP contribution < -0.4 is 11.1 Å². The summed E-state index contributed by atoms with van der Waals surface area (Å²) in [5, 5.41) is 10.6. The highest BCUT2D eigenvalue weighted by molar-refractivity contribution is 6.08. The number of ether oxygens (including phenoxy) is 1. The standard InChI is InChI=1S/C14H18FN3O/c15-13-4-10(6-16)3-11(5-13)12(7-17)8-18-14-1-2-19-9-14/h3-5,7-8,14,17-18H,1-2,6,9,16H2/b12-8+,17-7?. The summed E-state index contributed by atoms with van der Waals surface area (Å²) in [5.74, 6) is -0.338. The Morgan fingerprint density at radius 1 is 1.53 bits per heavy atom. The molecule has 2 rings (SSSR count). The summed E-state index contributed by atoms with van der Waals surface area (Å²) in [4.78, 5) is 0. The van der Waals surface area contributed by atoms with E-state index in [1.54, 1.807) is 12.3 Å². The largest absolute Gasteiger partial charge is 0.385 e. The quantitative estimate of drug-likeness (QED) is 0.707. The van der Waals surface area contributed by atoms with E-state index in [9.17, 15) is 4.39 Å².